The van der Waals surface area contributed by atoms with Crippen LogP contribution in [0, 0.1) is 0 Å². The molecule has 0 saturated heterocycles. The number of nitrogens with zero attached hydrogens (tertiary/aromatic N) is 3. The van der Waals surface area contributed by atoms with Crippen molar-refractivity contribution >= 4 is 28.8 Å². The van der Waals surface area contributed by atoms with Gasteiger partial charge in [-0.15, -0.1) is 16.4 Å². The Bertz CT molecular complexity index is 989. The van der Waals surface area contributed by atoms with Crippen LogP contribution in [0.2, 0.25) is 5.02 Å². The number of hydrogen-bond acceptors (Lipinski definition) is 4. The summed E-state index contributed by atoms with van der Waals surface area (Å²) in [5, 5.41) is 9.76. The summed E-state index contributed by atoms with van der Waals surface area (Å²) >= 11 is 7.63. The van der Waals surface area contributed by atoms with Crippen LogP contribution >= 0.6 is 22.9 Å². The molecule has 1 saturated carbocycles. The third-order valence-electron chi connectivity index (χ3n) is 4.25. The van der Waals surface area contributed by atoms with Crippen LogP contribution in [0.15, 0.2) is 46.6 Å². The molecule has 0 bridgehead atoms. The SMILES string of the molecule is O=C(Cn1nc(-c2cccs2)n(C2CC2)c1=O)NCc1ccccc1Cl. The molecule has 2 aromatic heterocycles. The number of hydrogen-bond donors (Lipinski definition) is 1. The van der Waals surface area contributed by atoms with Crippen molar-refractivity contribution in [2.45, 2.75) is 32.0 Å². The number of carbonyl (C=O) groups is 1. The van der Waals surface area contributed by atoms with Crippen LogP contribution in [0.4, 0.5) is 0 Å². The maximum absolute atomic E-state index is 12.7. The average molecular weight is 389 g/mol. The molecule has 6 nitrogen and oxygen atoms in total. The summed E-state index contributed by atoms with van der Waals surface area (Å²) in [6.45, 7) is 0.204. The molecule has 0 unspecified atom stereocenters. The van der Waals surface area contributed by atoms with E-state index in [-0.39, 0.29) is 24.2 Å². The lowest BCUT2D eigenvalue weighted by Crippen LogP contribution is -2.33. The molecule has 8 heteroatoms. The van der Waals surface area contributed by atoms with Crippen LogP contribution in [0.5, 0.6) is 0 Å². The molecule has 134 valence electrons. The van der Waals surface area contributed by atoms with Crippen molar-refractivity contribution < 1.29 is 4.79 Å². The molecule has 0 radical (unpaired) electrons. The van der Waals surface area contributed by atoms with E-state index in [0.29, 0.717) is 17.4 Å². The number of nitrogens with one attached hydrogen (secondary N) is 1. The Hall–Kier alpha value is -2.38. The van der Waals surface area contributed by atoms with Crippen molar-refractivity contribution in [2.24, 2.45) is 0 Å². The Morgan fingerprint density at radius 2 is 2.08 bits per heavy atom. The summed E-state index contributed by atoms with van der Waals surface area (Å²) in [4.78, 5) is 25.9. The molecular weight excluding hydrogens is 372 g/mol. The van der Waals surface area contributed by atoms with Crippen molar-refractivity contribution in [3.63, 3.8) is 0 Å². The number of amides is 1. The van der Waals surface area contributed by atoms with E-state index in [1.54, 1.807) is 10.6 Å². The second-order valence-electron chi connectivity index (χ2n) is 6.21. The zero-order valence-corrected chi connectivity index (χ0v) is 15.5. The van der Waals surface area contributed by atoms with Crippen molar-refractivity contribution in [2.75, 3.05) is 0 Å². The maximum Gasteiger partial charge on any atom is 0.346 e. The van der Waals surface area contributed by atoms with E-state index in [1.165, 1.54) is 16.0 Å². The highest BCUT2D eigenvalue weighted by Crippen LogP contribution is 2.37. The van der Waals surface area contributed by atoms with Crippen LogP contribution < -0.4 is 11.0 Å². The van der Waals surface area contributed by atoms with Crippen LogP contribution in [0.1, 0.15) is 24.4 Å². The number of thiophene rings is 1. The summed E-state index contributed by atoms with van der Waals surface area (Å²) in [5.74, 6) is 0.372. The predicted molar refractivity (Wildman–Crippen MR) is 101 cm³/mol. The van der Waals surface area contributed by atoms with Crippen molar-refractivity contribution in [3.05, 3.63) is 62.8 Å². The highest BCUT2D eigenvalue weighted by molar-refractivity contribution is 7.13. The summed E-state index contributed by atoms with van der Waals surface area (Å²) in [5.41, 5.74) is 0.599. The summed E-state index contributed by atoms with van der Waals surface area (Å²) in [7, 11) is 0. The molecule has 1 aliphatic carbocycles. The molecule has 2 heterocycles. The molecular formula is C18H17ClN4O2S. The maximum atomic E-state index is 12.7. The van der Waals surface area contributed by atoms with Gasteiger partial charge in [-0.05, 0) is 35.9 Å². The Labute approximate surface area is 159 Å². The van der Waals surface area contributed by atoms with Gasteiger partial charge in [-0.25, -0.2) is 9.48 Å². The fourth-order valence-electron chi connectivity index (χ4n) is 2.79. The van der Waals surface area contributed by atoms with Gasteiger partial charge in [0.25, 0.3) is 0 Å². The van der Waals surface area contributed by atoms with Gasteiger partial charge in [0, 0.05) is 17.6 Å². The van der Waals surface area contributed by atoms with E-state index < -0.39 is 0 Å². The van der Waals surface area contributed by atoms with Gasteiger partial charge in [0.05, 0.1) is 4.88 Å². The smallest absolute Gasteiger partial charge is 0.346 e. The average Bonchev–Trinajstić information content (AvgIpc) is 3.21. The highest BCUT2D eigenvalue weighted by atomic mass is 35.5. The van der Waals surface area contributed by atoms with E-state index in [4.69, 9.17) is 11.6 Å². The van der Waals surface area contributed by atoms with Gasteiger partial charge in [-0.3, -0.25) is 9.36 Å². The zero-order chi connectivity index (χ0) is 18.1. The fraction of sp³-hybridized carbons (Fsp3) is 0.278. The van der Waals surface area contributed by atoms with Gasteiger partial charge in [0.1, 0.15) is 6.54 Å². The van der Waals surface area contributed by atoms with Gasteiger partial charge >= 0.3 is 5.69 Å². The lowest BCUT2D eigenvalue weighted by Gasteiger charge is -2.06. The Balaban J connectivity index is 1.51. The first-order chi connectivity index (χ1) is 12.6. The Morgan fingerprint density at radius 1 is 1.27 bits per heavy atom. The lowest BCUT2D eigenvalue weighted by atomic mass is 10.2. The first-order valence-electron chi connectivity index (χ1n) is 8.37. The zero-order valence-electron chi connectivity index (χ0n) is 13.9. The lowest BCUT2D eigenvalue weighted by molar-refractivity contribution is -0.122. The van der Waals surface area contributed by atoms with Crippen molar-refractivity contribution in [3.8, 4) is 10.7 Å². The topological polar surface area (TPSA) is 68.9 Å². The van der Waals surface area contributed by atoms with Gasteiger partial charge in [0.2, 0.25) is 5.91 Å². The first kappa shape index (κ1) is 17.1. The third kappa shape index (κ3) is 3.45. The van der Waals surface area contributed by atoms with Gasteiger partial charge < -0.3 is 5.32 Å². The molecule has 0 spiro atoms. The van der Waals surface area contributed by atoms with Crippen LogP contribution in [0.3, 0.4) is 0 Å². The number of carbonyl (C=O) groups excluding carboxylic acids is 1. The van der Waals surface area contributed by atoms with Gasteiger partial charge in [-0.2, -0.15) is 0 Å². The minimum Gasteiger partial charge on any atom is -0.350 e. The molecule has 1 fully saturated rings. The van der Waals surface area contributed by atoms with Crippen molar-refractivity contribution in [1.29, 1.82) is 0 Å². The predicted octanol–water partition coefficient (Wildman–Crippen LogP) is 3.08. The molecule has 4 rings (SSSR count). The summed E-state index contributed by atoms with van der Waals surface area (Å²) < 4.78 is 2.96. The Morgan fingerprint density at radius 3 is 2.77 bits per heavy atom. The van der Waals surface area contributed by atoms with E-state index >= 15 is 0 Å². The monoisotopic (exact) mass is 388 g/mol. The standard InChI is InChI=1S/C18H17ClN4O2S/c19-14-5-2-1-4-12(14)10-20-16(24)11-22-18(25)23(13-7-8-13)17(21-22)15-6-3-9-26-15/h1-6,9,13H,7-8,10-11H2,(H,20,24). The molecule has 0 aliphatic heterocycles. The number of halogens is 1. The van der Waals surface area contributed by atoms with Crippen molar-refractivity contribution in [1.82, 2.24) is 19.7 Å². The quantitative estimate of drug-likeness (QED) is 0.705. The van der Waals surface area contributed by atoms with Gasteiger partial charge in [0.15, 0.2) is 5.82 Å². The van der Waals surface area contributed by atoms with Crippen LogP contribution in [-0.4, -0.2) is 20.3 Å². The molecule has 1 amide bonds. The molecule has 26 heavy (non-hydrogen) atoms. The van der Waals surface area contributed by atoms with E-state index in [0.717, 1.165) is 23.3 Å². The number of aromatic nitrogens is 3. The summed E-state index contributed by atoms with van der Waals surface area (Å²) in [6.07, 6.45) is 1.95. The van der Waals surface area contributed by atoms with Gasteiger partial charge in [-0.1, -0.05) is 35.9 Å². The largest absolute Gasteiger partial charge is 0.350 e. The Kier molecular flexibility index (Phi) is 4.65. The number of rotatable bonds is 6. The first-order valence-corrected chi connectivity index (χ1v) is 9.62. The molecule has 0 atom stereocenters. The van der Waals surface area contributed by atoms with E-state index in [2.05, 4.69) is 10.4 Å². The van der Waals surface area contributed by atoms with E-state index in [9.17, 15) is 9.59 Å². The van der Waals surface area contributed by atoms with Crippen LogP contribution in [0.25, 0.3) is 10.7 Å². The highest BCUT2D eigenvalue weighted by Gasteiger charge is 2.31. The second kappa shape index (κ2) is 7.09. The molecule has 1 N–H and O–H groups in total. The number of benzene rings is 1. The summed E-state index contributed by atoms with van der Waals surface area (Å²) in [6, 6.07) is 11.4. The normalized spacial score (nSPS) is 13.7. The third-order valence-corrected chi connectivity index (χ3v) is 5.49. The van der Waals surface area contributed by atoms with E-state index in [1.807, 2.05) is 35.7 Å². The minimum absolute atomic E-state index is 0.110. The fourth-order valence-corrected chi connectivity index (χ4v) is 3.69. The molecule has 1 aliphatic rings. The van der Waals surface area contributed by atoms with Crippen LogP contribution in [-0.2, 0) is 17.9 Å². The molecule has 3 aromatic rings. The minimum atomic E-state index is -0.273. The molecule has 1 aromatic carbocycles. The second-order valence-corrected chi connectivity index (χ2v) is 7.57.